The zero-order valence-electron chi connectivity index (χ0n) is 18.0. The number of anilines is 1. The maximum absolute atomic E-state index is 12.9. The maximum atomic E-state index is 12.9. The third-order valence-electron chi connectivity index (χ3n) is 5.18. The molecular formula is C20H30F3N3O4S. The topological polar surface area (TPSA) is 119 Å². The Morgan fingerprint density at radius 3 is 2.03 bits per heavy atom. The zero-order valence-corrected chi connectivity index (χ0v) is 18.8. The first kappa shape index (κ1) is 26.9. The van der Waals surface area contributed by atoms with Crippen LogP contribution in [0.4, 0.5) is 19.0 Å². The average molecular weight is 466 g/mol. The summed E-state index contributed by atoms with van der Waals surface area (Å²) in [6.45, 7) is 4.38. The number of hydrogen-bond acceptors (Lipinski definition) is 5. The SMILES string of the molecule is CC(C)(C(=O)Nc1ccc(C(F)(F)F)cn1)S(=O)(=O)C1CCCCCC1.CCC(N)=O. The van der Waals surface area contributed by atoms with Gasteiger partial charge in [0.15, 0.2) is 9.84 Å². The van der Waals surface area contributed by atoms with Crippen molar-refractivity contribution in [2.75, 3.05) is 5.32 Å². The molecule has 3 N–H and O–H groups in total. The highest BCUT2D eigenvalue weighted by atomic mass is 32.2. The number of sulfone groups is 1. The number of carbonyl (C=O) groups is 2. The summed E-state index contributed by atoms with van der Waals surface area (Å²) in [6, 6.07) is 1.80. The largest absolute Gasteiger partial charge is 0.417 e. The Morgan fingerprint density at radius 2 is 1.65 bits per heavy atom. The van der Waals surface area contributed by atoms with Crippen molar-refractivity contribution in [3.8, 4) is 0 Å². The molecule has 1 aliphatic rings. The second-order valence-electron chi connectivity index (χ2n) is 7.87. The van der Waals surface area contributed by atoms with E-state index in [1.807, 2.05) is 0 Å². The van der Waals surface area contributed by atoms with Crippen LogP contribution in [0.2, 0.25) is 0 Å². The number of alkyl halides is 3. The van der Waals surface area contributed by atoms with Crippen LogP contribution in [-0.2, 0) is 25.6 Å². The molecule has 31 heavy (non-hydrogen) atoms. The molecule has 0 spiro atoms. The summed E-state index contributed by atoms with van der Waals surface area (Å²) in [5, 5.41) is 1.75. The number of carbonyl (C=O) groups excluding carboxylic acids is 2. The first-order valence-corrected chi connectivity index (χ1v) is 11.6. The maximum Gasteiger partial charge on any atom is 0.417 e. The molecule has 0 aromatic carbocycles. The fraction of sp³-hybridized carbons (Fsp3) is 0.650. The molecule has 1 heterocycles. The van der Waals surface area contributed by atoms with Gasteiger partial charge >= 0.3 is 6.18 Å². The van der Waals surface area contributed by atoms with Gasteiger partial charge in [-0.2, -0.15) is 13.2 Å². The Kier molecular flexibility index (Phi) is 9.46. The molecule has 0 bridgehead atoms. The highest BCUT2D eigenvalue weighted by Crippen LogP contribution is 2.32. The molecule has 2 amide bonds. The number of rotatable bonds is 5. The first-order valence-electron chi connectivity index (χ1n) is 10.1. The van der Waals surface area contributed by atoms with E-state index in [0.717, 1.165) is 37.8 Å². The minimum Gasteiger partial charge on any atom is -0.370 e. The van der Waals surface area contributed by atoms with E-state index in [9.17, 15) is 31.2 Å². The number of nitrogens with zero attached hydrogens (tertiary/aromatic N) is 1. The number of hydrogen-bond donors (Lipinski definition) is 2. The van der Waals surface area contributed by atoms with Crippen LogP contribution in [0.5, 0.6) is 0 Å². The van der Waals surface area contributed by atoms with E-state index in [0.29, 0.717) is 25.5 Å². The fourth-order valence-electron chi connectivity index (χ4n) is 3.00. The van der Waals surface area contributed by atoms with Gasteiger partial charge in [0.25, 0.3) is 0 Å². The number of halogens is 3. The molecule has 2 rings (SSSR count). The zero-order chi connectivity index (χ0) is 23.9. The molecule has 176 valence electrons. The monoisotopic (exact) mass is 465 g/mol. The number of aromatic nitrogens is 1. The van der Waals surface area contributed by atoms with E-state index in [2.05, 4.69) is 16.0 Å². The number of nitrogens with one attached hydrogen (secondary N) is 1. The van der Waals surface area contributed by atoms with Crippen LogP contribution < -0.4 is 11.1 Å². The Labute approximate surface area is 180 Å². The third-order valence-corrected chi connectivity index (χ3v) is 8.14. The highest BCUT2D eigenvalue weighted by molar-refractivity contribution is 7.94. The molecular weight excluding hydrogens is 435 g/mol. The van der Waals surface area contributed by atoms with Gasteiger partial charge in [0, 0.05) is 12.6 Å². The van der Waals surface area contributed by atoms with Gasteiger partial charge in [-0.25, -0.2) is 13.4 Å². The fourth-order valence-corrected chi connectivity index (χ4v) is 5.10. The molecule has 0 unspecified atom stereocenters. The summed E-state index contributed by atoms with van der Waals surface area (Å²) in [5.74, 6) is -1.16. The number of pyridine rings is 1. The molecule has 0 saturated heterocycles. The van der Waals surface area contributed by atoms with Crippen LogP contribution in [0.15, 0.2) is 18.3 Å². The summed E-state index contributed by atoms with van der Waals surface area (Å²) in [5.41, 5.74) is 3.71. The van der Waals surface area contributed by atoms with Crippen LogP contribution in [0.1, 0.15) is 71.3 Å². The van der Waals surface area contributed by atoms with Crippen molar-refractivity contribution in [3.05, 3.63) is 23.9 Å². The van der Waals surface area contributed by atoms with E-state index in [1.54, 1.807) is 6.92 Å². The van der Waals surface area contributed by atoms with Crippen molar-refractivity contribution in [1.29, 1.82) is 0 Å². The van der Waals surface area contributed by atoms with E-state index in [-0.39, 0.29) is 11.7 Å². The van der Waals surface area contributed by atoms with Gasteiger partial charge in [-0.15, -0.1) is 0 Å². The van der Waals surface area contributed by atoms with E-state index >= 15 is 0 Å². The molecule has 1 aromatic rings. The van der Waals surface area contributed by atoms with Gasteiger partial charge < -0.3 is 11.1 Å². The highest BCUT2D eigenvalue weighted by Gasteiger charge is 2.46. The van der Waals surface area contributed by atoms with Crippen LogP contribution in [0.25, 0.3) is 0 Å². The lowest BCUT2D eigenvalue weighted by Gasteiger charge is -2.28. The van der Waals surface area contributed by atoms with Crippen molar-refractivity contribution in [2.45, 2.75) is 81.9 Å². The van der Waals surface area contributed by atoms with E-state index in [4.69, 9.17) is 0 Å². The summed E-state index contributed by atoms with van der Waals surface area (Å²) in [7, 11) is -3.76. The van der Waals surface area contributed by atoms with Gasteiger partial charge in [-0.05, 0) is 38.8 Å². The lowest BCUT2D eigenvalue weighted by molar-refractivity contribution is -0.137. The van der Waals surface area contributed by atoms with Crippen molar-refractivity contribution >= 4 is 27.5 Å². The van der Waals surface area contributed by atoms with Gasteiger partial charge in [0.1, 0.15) is 10.6 Å². The van der Waals surface area contributed by atoms with Gasteiger partial charge in [-0.3, -0.25) is 9.59 Å². The first-order chi connectivity index (χ1) is 14.2. The van der Waals surface area contributed by atoms with Gasteiger partial charge in [0.2, 0.25) is 11.8 Å². The van der Waals surface area contributed by atoms with Crippen LogP contribution >= 0.6 is 0 Å². The number of primary amides is 1. The minimum absolute atomic E-state index is 0.118. The van der Waals surface area contributed by atoms with E-state index < -0.39 is 37.5 Å². The molecule has 0 radical (unpaired) electrons. The smallest absolute Gasteiger partial charge is 0.370 e. The van der Waals surface area contributed by atoms with E-state index in [1.165, 1.54) is 13.8 Å². The molecule has 1 aliphatic carbocycles. The molecule has 11 heteroatoms. The quantitative estimate of drug-likeness (QED) is 0.641. The van der Waals surface area contributed by atoms with Crippen LogP contribution in [0, 0.1) is 0 Å². The number of nitrogens with two attached hydrogens (primary N) is 1. The molecule has 0 atom stereocenters. The molecule has 1 fully saturated rings. The Hall–Kier alpha value is -2.17. The van der Waals surface area contributed by atoms with Gasteiger partial charge in [0.05, 0.1) is 10.8 Å². The lowest BCUT2D eigenvalue weighted by Crippen LogP contribution is -2.48. The lowest BCUT2D eigenvalue weighted by atomic mass is 10.2. The molecule has 7 nitrogen and oxygen atoms in total. The second kappa shape index (κ2) is 10.9. The molecule has 1 aromatic heterocycles. The third kappa shape index (κ3) is 7.48. The Morgan fingerprint density at radius 1 is 1.13 bits per heavy atom. The molecule has 0 aliphatic heterocycles. The van der Waals surface area contributed by atoms with Gasteiger partial charge in [-0.1, -0.05) is 32.6 Å². The predicted molar refractivity (Wildman–Crippen MR) is 112 cm³/mol. The summed E-state index contributed by atoms with van der Waals surface area (Å²) >= 11 is 0. The second-order valence-corrected chi connectivity index (χ2v) is 10.7. The molecule has 1 saturated carbocycles. The van der Waals surface area contributed by atoms with Crippen LogP contribution in [-0.4, -0.2) is 35.2 Å². The Bertz CT molecular complexity index is 845. The normalized spacial score (nSPS) is 15.9. The predicted octanol–water partition coefficient (Wildman–Crippen LogP) is 3.84. The number of amides is 2. The Balaban J connectivity index is 0.000000861. The van der Waals surface area contributed by atoms with Crippen molar-refractivity contribution in [1.82, 2.24) is 4.98 Å². The standard InChI is InChI=1S/C17H23F3N2O3S.C3H7NO/c1-16(2,26(24,25)13-7-5-3-4-6-8-13)15(23)22-14-10-9-12(11-21-14)17(18,19)20;1-2-3(4)5/h9-11,13H,3-8H2,1-2H3,(H,21,22,23);2H2,1H3,(H2,4,5). The van der Waals surface area contributed by atoms with Crippen molar-refractivity contribution in [2.24, 2.45) is 5.73 Å². The summed E-state index contributed by atoms with van der Waals surface area (Å²) < 4.78 is 61.9. The van der Waals surface area contributed by atoms with Crippen molar-refractivity contribution in [3.63, 3.8) is 0 Å². The summed E-state index contributed by atoms with van der Waals surface area (Å²) in [6.07, 6.45) is 1.14. The minimum atomic E-state index is -4.53. The summed E-state index contributed by atoms with van der Waals surface area (Å²) in [4.78, 5) is 25.7. The van der Waals surface area contributed by atoms with Crippen molar-refractivity contribution < 1.29 is 31.2 Å². The van der Waals surface area contributed by atoms with Crippen LogP contribution in [0.3, 0.4) is 0 Å². The average Bonchev–Trinajstić information content (AvgIpc) is 2.98.